The highest BCUT2D eigenvalue weighted by Gasteiger charge is 2.30. The number of pyridine rings is 1. The van der Waals surface area contributed by atoms with Gasteiger partial charge < -0.3 is 20.9 Å². The second-order valence-corrected chi connectivity index (χ2v) is 8.66. The number of alkyl halides is 1. The van der Waals surface area contributed by atoms with Crippen LogP contribution in [0.4, 0.5) is 23.2 Å². The van der Waals surface area contributed by atoms with Crippen LogP contribution in [-0.4, -0.2) is 44.6 Å². The van der Waals surface area contributed by atoms with Crippen LogP contribution in [0, 0.1) is 17.5 Å². The molecule has 1 fully saturated rings. The Morgan fingerprint density at radius 2 is 1.92 bits per heavy atom. The molecule has 2 aromatic heterocycles. The largest absolute Gasteiger partial charge is 0.389 e. The van der Waals surface area contributed by atoms with Crippen LogP contribution < -0.4 is 11.1 Å². The molecule has 192 valence electrons. The Morgan fingerprint density at radius 3 is 2.58 bits per heavy atom. The average molecular weight is 507 g/mol. The van der Waals surface area contributed by atoms with E-state index in [1.807, 2.05) is 0 Å². The van der Waals surface area contributed by atoms with Gasteiger partial charge >= 0.3 is 0 Å². The fraction of sp³-hybridized carbons (Fsp3) is 0.375. The van der Waals surface area contributed by atoms with E-state index >= 15 is 0 Å². The quantitative estimate of drug-likeness (QED) is 0.454. The molecule has 4 rings (SSSR count). The molecule has 0 saturated carbocycles. The number of aryl methyl sites for hydroxylation is 1. The number of benzene rings is 1. The van der Waals surface area contributed by atoms with Crippen molar-refractivity contribution < 1.29 is 32.2 Å². The smallest absolute Gasteiger partial charge is 0.274 e. The predicted molar refractivity (Wildman–Crippen MR) is 122 cm³/mol. The molecule has 0 bridgehead atoms. The first-order valence-corrected chi connectivity index (χ1v) is 11.2. The highest BCUT2D eigenvalue weighted by atomic mass is 19.1. The highest BCUT2D eigenvalue weighted by Crippen LogP contribution is 2.33. The number of halogens is 4. The molecule has 0 spiro atoms. The van der Waals surface area contributed by atoms with Crippen molar-refractivity contribution in [1.82, 2.24) is 14.8 Å². The minimum absolute atomic E-state index is 0.0343. The maximum atomic E-state index is 14.6. The summed E-state index contributed by atoms with van der Waals surface area (Å²) in [5.74, 6) is -4.11. The van der Waals surface area contributed by atoms with Crippen molar-refractivity contribution >= 4 is 11.6 Å². The van der Waals surface area contributed by atoms with E-state index in [0.29, 0.717) is 18.5 Å². The molecule has 36 heavy (non-hydrogen) atoms. The average Bonchev–Trinajstić information content (AvgIpc) is 3.09. The zero-order valence-electron chi connectivity index (χ0n) is 19.5. The summed E-state index contributed by atoms with van der Waals surface area (Å²) < 4.78 is 64.9. The summed E-state index contributed by atoms with van der Waals surface area (Å²) in [4.78, 5) is 16.8. The van der Waals surface area contributed by atoms with Crippen molar-refractivity contribution in [2.45, 2.75) is 44.2 Å². The standard InChI is InChI=1S/C24H25F4N5O3/c1-11(34)12-7-14(26)21(15(27)8-12)22-13(25)3-5-18(31-22)24(35)32-19-9-30-33(2)23(19)20-6-4-17(29)16(28)10-36-20/h3,5,7-9,11,16-17,20,34H,4,6,10,29H2,1-2H3,(H,32,35)/t11?,16-,17-,20+/m1/s1. The predicted octanol–water partition coefficient (Wildman–Crippen LogP) is 3.72. The summed E-state index contributed by atoms with van der Waals surface area (Å²) in [6, 6.07) is 3.02. The number of aromatic nitrogens is 3. The molecule has 1 saturated heterocycles. The number of hydrogen-bond donors (Lipinski definition) is 3. The Balaban J connectivity index is 1.63. The van der Waals surface area contributed by atoms with Crippen molar-refractivity contribution in [3.8, 4) is 11.3 Å². The van der Waals surface area contributed by atoms with E-state index in [1.165, 1.54) is 17.8 Å². The Labute approximate surface area is 204 Å². The van der Waals surface area contributed by atoms with Gasteiger partial charge in [-0.3, -0.25) is 9.48 Å². The fourth-order valence-electron chi connectivity index (χ4n) is 4.07. The summed E-state index contributed by atoms with van der Waals surface area (Å²) in [5.41, 5.74) is 4.71. The van der Waals surface area contributed by atoms with E-state index in [1.54, 1.807) is 7.05 Å². The third-order valence-electron chi connectivity index (χ3n) is 6.08. The Hall–Kier alpha value is -3.35. The van der Waals surface area contributed by atoms with Crippen LogP contribution in [0.5, 0.6) is 0 Å². The highest BCUT2D eigenvalue weighted by molar-refractivity contribution is 6.03. The Morgan fingerprint density at radius 1 is 1.22 bits per heavy atom. The topological polar surface area (TPSA) is 115 Å². The second-order valence-electron chi connectivity index (χ2n) is 8.66. The van der Waals surface area contributed by atoms with Crippen LogP contribution in [-0.2, 0) is 11.8 Å². The first kappa shape index (κ1) is 25.7. The number of amides is 1. The van der Waals surface area contributed by atoms with Gasteiger partial charge in [0.25, 0.3) is 5.91 Å². The van der Waals surface area contributed by atoms with Gasteiger partial charge in [0.05, 0.1) is 35.9 Å². The van der Waals surface area contributed by atoms with Crippen molar-refractivity contribution in [3.05, 3.63) is 64.9 Å². The first-order valence-electron chi connectivity index (χ1n) is 11.2. The molecule has 3 heterocycles. The normalized spacial score (nSPS) is 21.2. The number of ether oxygens (including phenoxy) is 1. The molecule has 4 N–H and O–H groups in total. The second kappa shape index (κ2) is 10.3. The number of carbonyl (C=O) groups excluding carboxylic acids is 1. The van der Waals surface area contributed by atoms with Gasteiger partial charge in [0, 0.05) is 13.1 Å². The van der Waals surface area contributed by atoms with Crippen LogP contribution in [0.25, 0.3) is 11.3 Å². The van der Waals surface area contributed by atoms with Crippen LogP contribution in [0.2, 0.25) is 0 Å². The lowest BCUT2D eigenvalue weighted by molar-refractivity contribution is 0.0247. The number of carbonyl (C=O) groups is 1. The van der Waals surface area contributed by atoms with Gasteiger partial charge in [-0.1, -0.05) is 0 Å². The monoisotopic (exact) mass is 507 g/mol. The molecule has 0 radical (unpaired) electrons. The number of nitrogens with two attached hydrogens (primary N) is 1. The van der Waals surface area contributed by atoms with Crippen molar-refractivity contribution in [2.24, 2.45) is 12.8 Å². The zero-order valence-corrected chi connectivity index (χ0v) is 19.5. The lowest BCUT2D eigenvalue weighted by atomic mass is 10.0. The molecule has 8 nitrogen and oxygen atoms in total. The van der Waals surface area contributed by atoms with E-state index in [4.69, 9.17) is 10.5 Å². The number of hydrogen-bond acceptors (Lipinski definition) is 6. The van der Waals surface area contributed by atoms with Crippen molar-refractivity contribution in [3.63, 3.8) is 0 Å². The van der Waals surface area contributed by atoms with Gasteiger partial charge in [0.2, 0.25) is 0 Å². The lowest BCUT2D eigenvalue weighted by Crippen LogP contribution is -2.32. The van der Waals surface area contributed by atoms with Crippen LogP contribution in [0.15, 0.2) is 30.5 Å². The number of rotatable bonds is 5. The molecular weight excluding hydrogens is 482 g/mol. The number of aliphatic hydroxyl groups is 1. The zero-order chi connectivity index (χ0) is 26.1. The third-order valence-corrected chi connectivity index (χ3v) is 6.08. The molecule has 1 amide bonds. The minimum atomic E-state index is -1.32. The molecule has 1 unspecified atom stereocenters. The van der Waals surface area contributed by atoms with Crippen molar-refractivity contribution in [1.29, 1.82) is 0 Å². The summed E-state index contributed by atoms with van der Waals surface area (Å²) in [7, 11) is 1.63. The van der Waals surface area contributed by atoms with Gasteiger partial charge in [-0.15, -0.1) is 0 Å². The lowest BCUT2D eigenvalue weighted by Gasteiger charge is -2.18. The Bertz CT molecular complexity index is 1250. The first-order chi connectivity index (χ1) is 17.1. The third kappa shape index (κ3) is 5.11. The van der Waals surface area contributed by atoms with E-state index in [0.717, 1.165) is 24.3 Å². The van der Waals surface area contributed by atoms with Gasteiger partial charge in [0.15, 0.2) is 0 Å². The van der Waals surface area contributed by atoms with Gasteiger partial charge in [-0.25, -0.2) is 22.5 Å². The summed E-state index contributed by atoms with van der Waals surface area (Å²) in [6.45, 7) is 1.12. The van der Waals surface area contributed by atoms with E-state index in [-0.39, 0.29) is 23.6 Å². The number of nitrogens with one attached hydrogen (secondary N) is 1. The van der Waals surface area contributed by atoms with Gasteiger partial charge in [-0.05, 0) is 49.6 Å². The van der Waals surface area contributed by atoms with Gasteiger partial charge in [-0.2, -0.15) is 5.10 Å². The number of nitrogens with zero attached hydrogens (tertiary/aromatic N) is 3. The number of aliphatic hydroxyl groups excluding tert-OH is 1. The molecule has 12 heteroatoms. The van der Waals surface area contributed by atoms with Crippen molar-refractivity contribution in [2.75, 3.05) is 11.9 Å². The summed E-state index contributed by atoms with van der Waals surface area (Å²) in [5, 5.41) is 16.3. The SMILES string of the molecule is CC(O)c1cc(F)c(-c2nc(C(=O)Nc3cnn(C)c3[C@@H]3CC[C@@H](N)[C@H](F)CO3)ccc2F)c(F)c1. The maximum Gasteiger partial charge on any atom is 0.274 e. The minimum Gasteiger partial charge on any atom is -0.389 e. The summed E-state index contributed by atoms with van der Waals surface area (Å²) >= 11 is 0. The van der Waals surface area contributed by atoms with E-state index in [9.17, 15) is 27.5 Å². The molecule has 4 atom stereocenters. The van der Waals surface area contributed by atoms with E-state index in [2.05, 4.69) is 15.4 Å². The van der Waals surface area contributed by atoms with E-state index < -0.39 is 59.0 Å². The molecule has 0 aliphatic carbocycles. The summed E-state index contributed by atoms with van der Waals surface area (Å²) in [6.07, 6.45) is -0.934. The molecule has 1 aliphatic rings. The maximum absolute atomic E-state index is 14.6. The van der Waals surface area contributed by atoms with Gasteiger partial charge in [0.1, 0.15) is 41.1 Å². The number of anilines is 1. The van der Waals surface area contributed by atoms with Crippen LogP contribution >= 0.6 is 0 Å². The van der Waals surface area contributed by atoms with Crippen LogP contribution in [0.1, 0.15) is 53.7 Å². The molecule has 3 aromatic rings. The molecule has 1 aromatic carbocycles. The molecule has 1 aliphatic heterocycles. The Kier molecular flexibility index (Phi) is 7.38. The van der Waals surface area contributed by atoms with Crippen LogP contribution in [0.3, 0.4) is 0 Å². The fourth-order valence-corrected chi connectivity index (χ4v) is 4.07. The molecular formula is C24H25F4N5O3.